The van der Waals surface area contributed by atoms with Crippen molar-refractivity contribution in [3.63, 3.8) is 0 Å². The van der Waals surface area contributed by atoms with Gasteiger partial charge in [-0.1, -0.05) is 42.5 Å². The van der Waals surface area contributed by atoms with Crippen LogP contribution in [-0.2, 0) is 23.3 Å². The Morgan fingerprint density at radius 1 is 0.577 bits per heavy atom. The molecule has 0 N–H and O–H groups in total. The standard InChI is InChI=1S/C13H9.C9H7.2CH3.Si.Zr/c1-3-7-12-10(5-1)9-11-6-2-4-8-13(11)12;1-2-5-9-7-3-6-8(9)4-1;;;;/h1-9H;1-7H;2*1H3;;/q4*-1;;. The molecular formula is C24H22SiZr-4. The molecule has 2 heteroatoms. The van der Waals surface area contributed by atoms with Crippen molar-refractivity contribution in [2.45, 2.75) is 0 Å². The zero-order valence-electron chi connectivity index (χ0n) is 15.2. The van der Waals surface area contributed by atoms with Crippen molar-refractivity contribution in [1.82, 2.24) is 0 Å². The molecule has 26 heavy (non-hydrogen) atoms. The molecule has 0 bridgehead atoms. The third kappa shape index (κ3) is 4.90. The third-order valence-corrected chi connectivity index (χ3v) is 4.07. The molecule has 0 aromatic heterocycles. The Labute approximate surface area is 173 Å². The molecule has 0 spiro atoms. The van der Waals surface area contributed by atoms with Gasteiger partial charge in [-0.25, -0.2) is 0 Å². The van der Waals surface area contributed by atoms with Crippen LogP contribution in [0.1, 0.15) is 0 Å². The number of hydrogen-bond acceptors (Lipinski definition) is 0. The van der Waals surface area contributed by atoms with E-state index in [1.165, 1.54) is 55.7 Å². The molecule has 5 rings (SSSR count). The van der Waals surface area contributed by atoms with Gasteiger partial charge in [-0.3, -0.25) is 0 Å². The largest absolute Gasteiger partial charge is 0.168 e. The van der Waals surface area contributed by atoms with E-state index >= 15 is 0 Å². The Hall–Kier alpha value is -1.76. The smallest absolute Gasteiger partial charge is 0.0771 e. The maximum absolute atomic E-state index is 3.06. The summed E-state index contributed by atoms with van der Waals surface area (Å²) in [5.41, 5.74) is 0. The van der Waals surface area contributed by atoms with Crippen LogP contribution in [0, 0.1) is 14.9 Å². The fourth-order valence-electron chi connectivity index (χ4n) is 2.97. The van der Waals surface area contributed by atoms with Crippen LogP contribution in [0.4, 0.5) is 0 Å². The van der Waals surface area contributed by atoms with Gasteiger partial charge in [-0.05, 0) is 0 Å². The van der Waals surface area contributed by atoms with E-state index in [-0.39, 0.29) is 14.9 Å². The van der Waals surface area contributed by atoms with Gasteiger partial charge in [-0.15, -0.1) is 69.4 Å². The first-order valence-corrected chi connectivity index (χ1v) is 12.0. The Balaban J connectivity index is 0.000000232. The quantitative estimate of drug-likeness (QED) is 0.188. The molecule has 5 aromatic rings. The average molecular weight is 430 g/mol. The van der Waals surface area contributed by atoms with E-state index in [2.05, 4.69) is 104 Å². The molecule has 0 atom stereocenters. The SMILES string of the molecule is [CH3-].[CH3-].[Si]=[Zr].c1ccc2[cH-]ccc2c1.c1ccc2c(c1)[cH-]c1ccccc12. The zero-order valence-corrected chi connectivity index (χ0v) is 18.7. The molecule has 5 aromatic carbocycles. The van der Waals surface area contributed by atoms with Crippen molar-refractivity contribution in [3.8, 4) is 0 Å². The number of hydrogen-bond donors (Lipinski definition) is 0. The summed E-state index contributed by atoms with van der Waals surface area (Å²) in [7, 11) is 0. The molecule has 2 radical (unpaired) electrons. The minimum absolute atomic E-state index is 0. The molecule has 0 aliphatic rings. The fourth-order valence-corrected chi connectivity index (χ4v) is 2.97. The molecule has 0 aliphatic heterocycles. The van der Waals surface area contributed by atoms with Gasteiger partial charge >= 0.3 is 30.2 Å². The zero-order chi connectivity index (χ0) is 16.8. The van der Waals surface area contributed by atoms with E-state index in [0.29, 0.717) is 0 Å². The van der Waals surface area contributed by atoms with Gasteiger partial charge in [-0.2, -0.15) is 17.5 Å². The topological polar surface area (TPSA) is 0 Å². The van der Waals surface area contributed by atoms with Gasteiger partial charge < -0.3 is 14.9 Å². The second-order valence-corrected chi connectivity index (χ2v) is 5.47. The monoisotopic (exact) mass is 428 g/mol. The summed E-state index contributed by atoms with van der Waals surface area (Å²) in [4.78, 5) is 0. The number of benzene rings is 3. The number of rotatable bonds is 0. The van der Waals surface area contributed by atoms with Crippen LogP contribution in [0.5, 0.6) is 0 Å². The van der Waals surface area contributed by atoms with E-state index in [1.807, 2.05) is 0 Å². The summed E-state index contributed by atoms with van der Waals surface area (Å²) in [6, 6.07) is 33.9. The Kier molecular flexibility index (Phi) is 9.48. The van der Waals surface area contributed by atoms with Crippen LogP contribution in [0.15, 0.2) is 97.1 Å². The molecule has 0 saturated heterocycles. The van der Waals surface area contributed by atoms with E-state index in [1.54, 1.807) is 0 Å². The van der Waals surface area contributed by atoms with Crippen molar-refractivity contribution < 1.29 is 23.3 Å². The molecule has 0 nitrogen and oxygen atoms in total. The summed E-state index contributed by atoms with van der Waals surface area (Å²) in [6.07, 6.45) is 0. The first-order valence-electron chi connectivity index (χ1n) is 7.80. The Bertz CT molecular complexity index is 975. The van der Waals surface area contributed by atoms with Crippen LogP contribution in [-0.4, -0.2) is 6.88 Å². The van der Waals surface area contributed by atoms with Gasteiger partial charge in [0.15, 0.2) is 0 Å². The molecule has 0 saturated carbocycles. The van der Waals surface area contributed by atoms with E-state index in [9.17, 15) is 0 Å². The van der Waals surface area contributed by atoms with Crippen LogP contribution in [0.25, 0.3) is 32.3 Å². The van der Waals surface area contributed by atoms with Crippen LogP contribution in [0.3, 0.4) is 0 Å². The second kappa shape index (κ2) is 11.1. The fraction of sp³-hybridized carbons (Fsp3) is 0. The van der Waals surface area contributed by atoms with Gasteiger partial charge in [0.05, 0.1) is 0 Å². The van der Waals surface area contributed by atoms with Crippen LogP contribution < -0.4 is 0 Å². The van der Waals surface area contributed by atoms with E-state index in [0.717, 1.165) is 0 Å². The van der Waals surface area contributed by atoms with Crippen molar-refractivity contribution in [2.24, 2.45) is 0 Å². The molecule has 0 amide bonds. The molecule has 0 unspecified atom stereocenters. The minimum atomic E-state index is 0. The van der Waals surface area contributed by atoms with Gasteiger partial charge in [0.25, 0.3) is 0 Å². The normalized spacial score (nSPS) is 9.19. The first kappa shape index (κ1) is 22.3. The second-order valence-electron chi connectivity index (χ2n) is 5.47. The predicted molar refractivity (Wildman–Crippen MR) is 115 cm³/mol. The van der Waals surface area contributed by atoms with Crippen molar-refractivity contribution >= 4 is 39.2 Å². The summed E-state index contributed by atoms with van der Waals surface area (Å²) < 4.78 is 0. The predicted octanol–water partition coefficient (Wildman–Crippen LogP) is 6.79. The summed E-state index contributed by atoms with van der Waals surface area (Å²) in [5, 5.41) is 8.05. The number of fused-ring (bicyclic) bond motifs is 4. The minimum Gasteiger partial charge on any atom is -0.168 e. The summed E-state index contributed by atoms with van der Waals surface area (Å²) in [5.74, 6) is 0. The third-order valence-electron chi connectivity index (χ3n) is 4.07. The summed E-state index contributed by atoms with van der Waals surface area (Å²) >= 11 is 1.36. The molecular weight excluding hydrogens is 408 g/mol. The van der Waals surface area contributed by atoms with Gasteiger partial charge in [0.1, 0.15) is 0 Å². The Morgan fingerprint density at radius 2 is 1.04 bits per heavy atom. The maximum atomic E-state index is 3.06. The molecule has 130 valence electrons. The van der Waals surface area contributed by atoms with Gasteiger partial charge in [0, 0.05) is 0 Å². The van der Waals surface area contributed by atoms with Gasteiger partial charge in [0.2, 0.25) is 0 Å². The first-order chi connectivity index (χ1) is 11.9. The molecule has 0 aliphatic carbocycles. The van der Waals surface area contributed by atoms with E-state index in [4.69, 9.17) is 0 Å². The van der Waals surface area contributed by atoms with Crippen molar-refractivity contribution in [2.75, 3.05) is 0 Å². The summed E-state index contributed by atoms with van der Waals surface area (Å²) in [6.45, 7) is 3.06. The van der Waals surface area contributed by atoms with Crippen LogP contribution in [0.2, 0.25) is 0 Å². The Morgan fingerprint density at radius 3 is 1.58 bits per heavy atom. The molecule has 0 fully saturated rings. The maximum Gasteiger partial charge on any atom is -0.0771 e. The molecule has 0 heterocycles. The van der Waals surface area contributed by atoms with Crippen LogP contribution >= 0.6 is 0 Å². The van der Waals surface area contributed by atoms with Crippen molar-refractivity contribution in [1.29, 1.82) is 0 Å². The van der Waals surface area contributed by atoms with Crippen molar-refractivity contribution in [3.05, 3.63) is 112 Å². The average Bonchev–Trinajstić information content (AvgIpc) is 3.28. The van der Waals surface area contributed by atoms with E-state index < -0.39 is 0 Å².